The summed E-state index contributed by atoms with van der Waals surface area (Å²) in [5.74, 6) is -10.0. The number of aromatic nitrogens is 3. The summed E-state index contributed by atoms with van der Waals surface area (Å²) in [7, 11) is 10.5. The number of hydrogen-bond donors (Lipinski definition) is 5. The van der Waals surface area contributed by atoms with E-state index in [-0.39, 0.29) is 54.3 Å². The van der Waals surface area contributed by atoms with Gasteiger partial charge in [0.1, 0.15) is 104 Å². The first-order chi connectivity index (χ1) is 59.6. The quantitative estimate of drug-likeness (QED) is 0.0145. The van der Waals surface area contributed by atoms with Crippen LogP contribution in [-0.2, 0) is 72.4 Å². The van der Waals surface area contributed by atoms with Gasteiger partial charge in [0.25, 0.3) is 17.7 Å². The maximum atomic E-state index is 14.3. The minimum absolute atomic E-state index is 0. The van der Waals surface area contributed by atoms with Gasteiger partial charge in [0.2, 0.25) is 0 Å². The minimum atomic E-state index is -1.47. The monoisotopic (exact) mass is 1750 g/mol. The van der Waals surface area contributed by atoms with Crippen LogP contribution in [0.4, 0.5) is 26.3 Å². The Labute approximate surface area is 744 Å². The van der Waals surface area contributed by atoms with Crippen LogP contribution in [0.5, 0.6) is 34.5 Å². The Balaban J connectivity index is 0.000000232. The minimum Gasteiger partial charge on any atom is -0.870 e. The second-order valence-corrected chi connectivity index (χ2v) is 28.1. The zero-order valence-corrected chi connectivity index (χ0v) is 73.7. The van der Waals surface area contributed by atoms with Gasteiger partial charge in [-0.3, -0.25) is 29.3 Å². The predicted octanol–water partition coefficient (Wildman–Crippen LogP) is 13.3. The summed E-state index contributed by atoms with van der Waals surface area (Å²) in [4.78, 5) is 89.5. The smallest absolute Gasteiger partial charge is 0.870 e. The second-order valence-electron chi connectivity index (χ2n) is 28.1. The third-order valence-corrected chi connectivity index (χ3v) is 20.0. The van der Waals surface area contributed by atoms with Gasteiger partial charge >= 0.3 is 47.5 Å². The molecule has 6 N–H and O–H groups in total. The van der Waals surface area contributed by atoms with Gasteiger partial charge in [0, 0.05) is 89.0 Å². The molecule has 12 aromatic rings. The number of carbonyl (C=O) groups excluding carboxylic acids is 4. The van der Waals surface area contributed by atoms with E-state index in [1.165, 1.54) is 7.11 Å². The number of hydrogen-bond acceptors (Lipinski definition) is 20. The van der Waals surface area contributed by atoms with Gasteiger partial charge in [0.15, 0.2) is 0 Å². The summed E-state index contributed by atoms with van der Waals surface area (Å²) in [6, 6.07) is 37.6. The number of amides is 3. The van der Waals surface area contributed by atoms with Crippen LogP contribution in [0.15, 0.2) is 164 Å². The molecule has 0 fully saturated rings. The number of carboxylic acid groups (broad SMARTS) is 2. The zero-order chi connectivity index (χ0) is 89.8. The molecule has 0 bridgehead atoms. The third-order valence-electron chi connectivity index (χ3n) is 20.0. The molecular formula is C94H93F6N6NaO19. The van der Waals surface area contributed by atoms with E-state index >= 15 is 0 Å². The fraction of sp³-hybridized carbons (Fsp3) is 0.266. The summed E-state index contributed by atoms with van der Waals surface area (Å²) in [6.07, 6.45) is -0.363. The van der Waals surface area contributed by atoms with E-state index in [0.717, 1.165) is 93.9 Å². The van der Waals surface area contributed by atoms with Crippen molar-refractivity contribution in [2.45, 2.75) is 98.8 Å². The number of rotatable bonds is 33. The van der Waals surface area contributed by atoms with E-state index < -0.39 is 105 Å². The molecular weight excluding hydrogens is 1650 g/mol. The number of nitrogens with one attached hydrogen (secondary N) is 3. The number of methoxy groups -OCH3 is 7. The number of carbonyl (C=O) groups is 6. The van der Waals surface area contributed by atoms with E-state index in [4.69, 9.17) is 62.3 Å². The summed E-state index contributed by atoms with van der Waals surface area (Å²) >= 11 is 0. The molecule has 0 aliphatic carbocycles. The molecule has 2 unspecified atom stereocenters. The molecule has 0 saturated carbocycles. The number of ether oxygens (including phenoxy) is 10. The maximum absolute atomic E-state index is 14.3. The first-order valence-electron chi connectivity index (χ1n) is 39.0. The molecule has 32 heteroatoms. The van der Waals surface area contributed by atoms with Crippen LogP contribution in [0.2, 0.25) is 0 Å². The summed E-state index contributed by atoms with van der Waals surface area (Å²) in [6.45, 7) is 14.0. The fourth-order valence-corrected chi connectivity index (χ4v) is 14.1. The molecule has 3 aromatic heterocycles. The Morgan fingerprint density at radius 1 is 0.357 bits per heavy atom. The van der Waals surface area contributed by atoms with E-state index in [1.807, 2.05) is 108 Å². The van der Waals surface area contributed by atoms with Gasteiger partial charge in [-0.15, -0.1) is 0 Å². The Kier molecular flexibility index (Phi) is 35.8. The van der Waals surface area contributed by atoms with Crippen molar-refractivity contribution in [2.24, 2.45) is 0 Å². The van der Waals surface area contributed by atoms with Crippen molar-refractivity contribution in [3.63, 3.8) is 0 Å². The molecule has 3 amide bonds. The number of aryl methyl sites for hydroxylation is 3. The molecule has 0 aliphatic rings. The number of carboxylic acids is 2. The number of halogens is 6. The van der Waals surface area contributed by atoms with Crippen molar-refractivity contribution >= 4 is 68.3 Å². The molecule has 3 atom stereocenters. The third kappa shape index (κ3) is 23.2. The van der Waals surface area contributed by atoms with E-state index in [1.54, 1.807) is 85.1 Å². The molecule has 0 radical (unpaired) electrons. The van der Waals surface area contributed by atoms with Crippen molar-refractivity contribution in [3.05, 3.63) is 266 Å². The van der Waals surface area contributed by atoms with Gasteiger partial charge in [0.05, 0.1) is 103 Å². The van der Waals surface area contributed by atoms with Crippen molar-refractivity contribution in [3.8, 4) is 67.9 Å². The normalized spacial score (nSPS) is 11.5. The summed E-state index contributed by atoms with van der Waals surface area (Å²) < 4.78 is 141. The van der Waals surface area contributed by atoms with Gasteiger partial charge in [-0.25, -0.2) is 40.7 Å². The molecule has 9 aromatic carbocycles. The largest absolute Gasteiger partial charge is 1.00 e. The molecule has 0 aliphatic heterocycles. The molecule has 656 valence electrons. The molecule has 3 heterocycles. The van der Waals surface area contributed by atoms with Gasteiger partial charge in [-0.2, -0.15) is 0 Å². The van der Waals surface area contributed by atoms with E-state index in [9.17, 15) is 65.3 Å². The average molecular weight is 1750 g/mol. The number of esters is 1. The van der Waals surface area contributed by atoms with Gasteiger partial charge < -0.3 is 79.0 Å². The molecule has 0 spiro atoms. The Hall–Kier alpha value is -12.8. The van der Waals surface area contributed by atoms with Crippen molar-refractivity contribution < 1.29 is 148 Å². The van der Waals surface area contributed by atoms with Crippen molar-refractivity contribution in [1.29, 1.82) is 0 Å². The van der Waals surface area contributed by atoms with Crippen LogP contribution in [0.25, 0.3) is 66.1 Å². The van der Waals surface area contributed by atoms with E-state index in [0.29, 0.717) is 151 Å². The number of benzene rings is 9. The van der Waals surface area contributed by atoms with Crippen molar-refractivity contribution in [1.82, 2.24) is 30.9 Å². The predicted molar refractivity (Wildman–Crippen MR) is 454 cm³/mol. The van der Waals surface area contributed by atoms with Gasteiger partial charge in [-0.05, 0) is 166 Å². The van der Waals surface area contributed by atoms with Crippen LogP contribution < -0.4 is 73.9 Å². The molecule has 12 rings (SSSR count). The van der Waals surface area contributed by atoms with Crippen LogP contribution in [0.1, 0.15) is 102 Å². The molecule has 126 heavy (non-hydrogen) atoms. The average Bonchev–Trinajstić information content (AvgIpc) is 0.767. The van der Waals surface area contributed by atoms with Crippen LogP contribution >= 0.6 is 0 Å². The van der Waals surface area contributed by atoms with Crippen LogP contribution in [0, 0.1) is 55.7 Å². The Morgan fingerprint density at radius 3 is 0.817 bits per heavy atom. The topological polar surface area (TPSA) is 340 Å². The van der Waals surface area contributed by atoms with Crippen LogP contribution in [-0.4, -0.2) is 154 Å². The SMILES string of the molecule is CCOCc1cc(OC)c(-c2ccc(CC(NC(=O)c3c(F)cccc3F)C(=O)O)c3ccc(C)nc23)c(OC)c1.CCOCc1cc(OC)c(-c2ccc(CC(NC(=O)c3c(F)cccc3F)C(=O)OC)c3ccc(C)nc23)c(OC)c1.CCOCc1cc(OC)c(-c2ccc(C[C@H](NC(=O)c3c(F)cccc3F)C(=O)O)c3ccc(C)nc23)c(OC)c1.[Na+].[OH-]. The zero-order valence-electron chi connectivity index (χ0n) is 71.7. The number of fused-ring (bicyclic) bond motifs is 3. The van der Waals surface area contributed by atoms with Crippen LogP contribution in [0.3, 0.4) is 0 Å². The first-order valence-corrected chi connectivity index (χ1v) is 39.0. The van der Waals surface area contributed by atoms with Gasteiger partial charge in [-0.1, -0.05) is 72.8 Å². The fourth-order valence-electron chi connectivity index (χ4n) is 14.1. The maximum Gasteiger partial charge on any atom is 1.00 e. The number of nitrogens with zero attached hydrogens (tertiary/aromatic N) is 3. The van der Waals surface area contributed by atoms with Crippen molar-refractivity contribution in [2.75, 3.05) is 69.6 Å². The van der Waals surface area contributed by atoms with E-state index in [2.05, 4.69) is 16.0 Å². The summed E-state index contributed by atoms with van der Waals surface area (Å²) in [5.41, 5.74) is 9.92. The molecule has 0 saturated heterocycles. The Morgan fingerprint density at radius 2 is 0.595 bits per heavy atom. The Bertz CT molecular complexity index is 5610. The number of aliphatic carboxylic acids is 2. The summed E-state index contributed by atoms with van der Waals surface area (Å²) in [5, 5.41) is 28.7. The second kappa shape index (κ2) is 45.8. The molecule has 25 nitrogen and oxygen atoms in total. The first kappa shape index (κ1) is 98.7. The number of pyridine rings is 3. The standard InChI is InChI=1S/C32H32F2N2O6.2C31H30F2N2O6.Na.H2O/c1-6-42-17-19-14-26(39-3)28(27(15-19)40-4)22-13-11-20(21-12-10-18(2)35-30(21)22)16-25(32(38)41-5)36-31(37)29-23(33)8-7-9-24(29)34;2*1-5-41-16-18-13-25(39-3)27(26(14-18)40-4)21-12-10-19(20-11-9-17(2)34-29(20)21)15-24(31(37)38)35-30(36)28-22(32)7-6-8-23(28)33;;/h7-15,25H,6,16-17H2,1-5H3,(H,36,37);2*6-14,24H,5,15-16H2,1-4H3,(H,35,36)(H,37,38);;1H2/q;;;+1;/p-1/t;24-;;;/m.0.../s1.